The number of aliphatic hydroxyl groups is 1. The number of halogens is 1. The third kappa shape index (κ3) is 3.61. The molecule has 1 saturated carbocycles. The van der Waals surface area contributed by atoms with Crippen molar-refractivity contribution in [2.45, 2.75) is 51.0 Å². The molecule has 1 saturated heterocycles. The fourth-order valence-corrected chi connectivity index (χ4v) is 4.34. The van der Waals surface area contributed by atoms with Crippen molar-refractivity contribution in [1.29, 1.82) is 0 Å². The lowest BCUT2D eigenvalue weighted by molar-refractivity contribution is 0.0870. The average Bonchev–Trinajstić information content (AvgIpc) is 2.95. The van der Waals surface area contributed by atoms with Crippen LogP contribution in [0.25, 0.3) is 0 Å². The number of likely N-dealkylation sites (tertiary alicyclic amines) is 1. The molecule has 116 valence electrons. The molecule has 1 atom stereocenters. The van der Waals surface area contributed by atoms with E-state index < -0.39 is 6.10 Å². The van der Waals surface area contributed by atoms with Gasteiger partial charge < -0.3 is 10.0 Å². The van der Waals surface area contributed by atoms with Crippen molar-refractivity contribution in [3.63, 3.8) is 0 Å². The van der Waals surface area contributed by atoms with Crippen LogP contribution in [0.15, 0.2) is 24.3 Å². The van der Waals surface area contributed by atoms with E-state index in [0.717, 1.165) is 18.5 Å². The second-order valence-corrected chi connectivity index (χ2v) is 7.28. The van der Waals surface area contributed by atoms with E-state index >= 15 is 0 Å². The van der Waals surface area contributed by atoms with Crippen LogP contribution in [0.1, 0.15) is 56.6 Å². The Labute approximate surface area is 133 Å². The zero-order chi connectivity index (χ0) is 14.7. The minimum atomic E-state index is -0.443. The normalized spacial score (nSPS) is 23.5. The number of aliphatic hydroxyl groups excluding tert-OH is 1. The number of hydrogen-bond donors (Lipinski definition) is 1. The highest BCUT2D eigenvalue weighted by molar-refractivity contribution is 6.31. The lowest BCUT2D eigenvalue weighted by Crippen LogP contribution is -2.39. The summed E-state index contributed by atoms with van der Waals surface area (Å²) >= 11 is 6.15. The van der Waals surface area contributed by atoms with Gasteiger partial charge in [-0.15, -0.1) is 0 Å². The Morgan fingerprint density at radius 3 is 2.43 bits per heavy atom. The fourth-order valence-electron chi connectivity index (χ4n) is 4.08. The molecule has 3 rings (SSSR count). The fraction of sp³-hybridized carbons (Fsp3) is 0.667. The maximum atomic E-state index is 10.3. The summed E-state index contributed by atoms with van der Waals surface area (Å²) in [6.45, 7) is 3.38. The Morgan fingerprint density at radius 1 is 1.10 bits per heavy atom. The molecule has 2 aliphatic rings. The van der Waals surface area contributed by atoms with Crippen molar-refractivity contribution >= 4 is 11.6 Å². The molecule has 1 N–H and O–H groups in total. The standard InChI is InChI=1S/C18H26ClNO/c19-16-6-2-1-5-15(16)17(21)7-12-20-13-10-18(11-14-20)8-3-4-9-18/h1-2,5-6,17,21H,3-4,7-14H2. The van der Waals surface area contributed by atoms with Gasteiger partial charge in [-0.2, -0.15) is 0 Å². The van der Waals surface area contributed by atoms with E-state index in [1.807, 2.05) is 24.3 Å². The molecular formula is C18H26ClNO. The van der Waals surface area contributed by atoms with Crippen LogP contribution in [0.4, 0.5) is 0 Å². The van der Waals surface area contributed by atoms with Gasteiger partial charge >= 0.3 is 0 Å². The smallest absolute Gasteiger partial charge is 0.0816 e. The van der Waals surface area contributed by atoms with Crippen LogP contribution in [0.2, 0.25) is 5.02 Å². The van der Waals surface area contributed by atoms with E-state index in [9.17, 15) is 5.11 Å². The van der Waals surface area contributed by atoms with Gasteiger partial charge in [-0.3, -0.25) is 0 Å². The predicted molar refractivity (Wildman–Crippen MR) is 87.6 cm³/mol. The van der Waals surface area contributed by atoms with Gasteiger partial charge in [0.05, 0.1) is 6.10 Å². The Hall–Kier alpha value is -0.570. The molecule has 1 aliphatic carbocycles. The van der Waals surface area contributed by atoms with Crippen LogP contribution in [0.5, 0.6) is 0 Å². The molecule has 2 fully saturated rings. The highest BCUT2D eigenvalue weighted by Crippen LogP contribution is 2.46. The van der Waals surface area contributed by atoms with E-state index in [1.54, 1.807) is 0 Å². The third-order valence-electron chi connectivity index (χ3n) is 5.56. The van der Waals surface area contributed by atoms with Crippen molar-refractivity contribution < 1.29 is 5.11 Å². The van der Waals surface area contributed by atoms with E-state index in [0.29, 0.717) is 10.4 Å². The van der Waals surface area contributed by atoms with Gasteiger partial charge in [-0.1, -0.05) is 42.6 Å². The average molecular weight is 308 g/mol. The number of piperidine rings is 1. The van der Waals surface area contributed by atoms with E-state index in [1.165, 1.54) is 51.6 Å². The minimum Gasteiger partial charge on any atom is -0.388 e. The van der Waals surface area contributed by atoms with Crippen molar-refractivity contribution in [2.75, 3.05) is 19.6 Å². The van der Waals surface area contributed by atoms with Gasteiger partial charge in [-0.05, 0) is 62.2 Å². The first-order valence-electron chi connectivity index (χ1n) is 8.33. The molecule has 2 nitrogen and oxygen atoms in total. The van der Waals surface area contributed by atoms with Gasteiger partial charge in [0.1, 0.15) is 0 Å². The molecule has 1 aliphatic heterocycles. The lowest BCUT2D eigenvalue weighted by atomic mass is 9.77. The van der Waals surface area contributed by atoms with E-state index in [2.05, 4.69) is 4.90 Å². The third-order valence-corrected chi connectivity index (χ3v) is 5.91. The molecular weight excluding hydrogens is 282 g/mol. The maximum absolute atomic E-state index is 10.3. The molecule has 1 spiro atoms. The summed E-state index contributed by atoms with van der Waals surface area (Å²) in [5, 5.41) is 11.0. The van der Waals surface area contributed by atoms with Crippen LogP contribution in [0.3, 0.4) is 0 Å². The van der Waals surface area contributed by atoms with Crippen LogP contribution in [-0.2, 0) is 0 Å². The zero-order valence-corrected chi connectivity index (χ0v) is 13.5. The molecule has 21 heavy (non-hydrogen) atoms. The Balaban J connectivity index is 1.47. The first-order chi connectivity index (χ1) is 10.2. The Bertz CT molecular complexity index is 460. The molecule has 0 amide bonds. The first-order valence-corrected chi connectivity index (χ1v) is 8.71. The quantitative estimate of drug-likeness (QED) is 0.890. The first kappa shape index (κ1) is 15.3. The van der Waals surface area contributed by atoms with E-state index in [-0.39, 0.29) is 0 Å². The Morgan fingerprint density at radius 2 is 1.76 bits per heavy atom. The maximum Gasteiger partial charge on any atom is 0.0816 e. The largest absolute Gasteiger partial charge is 0.388 e. The Kier molecular flexibility index (Phi) is 4.88. The van der Waals surface area contributed by atoms with E-state index in [4.69, 9.17) is 11.6 Å². The van der Waals surface area contributed by atoms with Crippen LogP contribution < -0.4 is 0 Å². The summed E-state index contributed by atoms with van der Waals surface area (Å²) in [5.41, 5.74) is 1.54. The highest BCUT2D eigenvalue weighted by atomic mass is 35.5. The molecule has 3 heteroatoms. The molecule has 1 heterocycles. The van der Waals surface area contributed by atoms with Crippen molar-refractivity contribution in [3.05, 3.63) is 34.9 Å². The van der Waals surface area contributed by atoms with Crippen molar-refractivity contribution in [3.8, 4) is 0 Å². The molecule has 0 bridgehead atoms. The van der Waals surface area contributed by atoms with Gasteiger partial charge in [-0.25, -0.2) is 0 Å². The van der Waals surface area contributed by atoms with Crippen molar-refractivity contribution in [2.24, 2.45) is 5.41 Å². The lowest BCUT2D eigenvalue weighted by Gasteiger charge is -2.39. The molecule has 0 aromatic heterocycles. The molecule has 1 aromatic rings. The predicted octanol–water partition coefficient (Wildman–Crippen LogP) is 4.42. The SMILES string of the molecule is OC(CCN1CCC2(CCCC2)CC1)c1ccccc1Cl. The summed E-state index contributed by atoms with van der Waals surface area (Å²) in [4.78, 5) is 2.52. The molecule has 1 aromatic carbocycles. The number of nitrogens with zero attached hydrogens (tertiary/aromatic N) is 1. The monoisotopic (exact) mass is 307 g/mol. The summed E-state index contributed by atoms with van der Waals surface area (Å²) in [5.74, 6) is 0. The van der Waals surface area contributed by atoms with Crippen LogP contribution >= 0.6 is 11.6 Å². The van der Waals surface area contributed by atoms with Crippen molar-refractivity contribution in [1.82, 2.24) is 4.90 Å². The van der Waals surface area contributed by atoms with Gasteiger partial charge in [0.25, 0.3) is 0 Å². The van der Waals surface area contributed by atoms with Crippen LogP contribution in [0, 0.1) is 5.41 Å². The summed E-state index contributed by atoms with van der Waals surface area (Å²) in [7, 11) is 0. The molecule has 0 radical (unpaired) electrons. The highest BCUT2D eigenvalue weighted by Gasteiger charge is 2.36. The summed E-state index contributed by atoms with van der Waals surface area (Å²) in [6, 6.07) is 7.63. The second-order valence-electron chi connectivity index (χ2n) is 6.87. The summed E-state index contributed by atoms with van der Waals surface area (Å²) in [6.07, 6.45) is 8.81. The number of rotatable bonds is 4. The number of benzene rings is 1. The zero-order valence-electron chi connectivity index (χ0n) is 12.7. The summed E-state index contributed by atoms with van der Waals surface area (Å²) < 4.78 is 0. The van der Waals surface area contributed by atoms with Gasteiger partial charge in [0.2, 0.25) is 0 Å². The van der Waals surface area contributed by atoms with Gasteiger partial charge in [0, 0.05) is 11.6 Å². The second kappa shape index (κ2) is 6.68. The van der Waals surface area contributed by atoms with Crippen LogP contribution in [-0.4, -0.2) is 29.6 Å². The topological polar surface area (TPSA) is 23.5 Å². The van der Waals surface area contributed by atoms with Gasteiger partial charge in [0.15, 0.2) is 0 Å². The number of hydrogen-bond acceptors (Lipinski definition) is 2. The molecule has 1 unspecified atom stereocenters. The minimum absolute atomic E-state index is 0.443.